The number of nitrogen functional groups attached to an aromatic ring is 1. The number of furan rings is 1. The second kappa shape index (κ2) is 4.41. The zero-order valence-corrected chi connectivity index (χ0v) is 11.2. The summed E-state index contributed by atoms with van der Waals surface area (Å²) in [5.74, 6) is -0.0713. The summed E-state index contributed by atoms with van der Waals surface area (Å²) < 4.78 is 5.52. The summed E-state index contributed by atoms with van der Waals surface area (Å²) in [6, 6.07) is 6.92. The molecule has 0 aliphatic heterocycles. The van der Waals surface area contributed by atoms with Crippen molar-refractivity contribution in [1.82, 2.24) is 10.2 Å². The van der Waals surface area contributed by atoms with E-state index in [1.54, 1.807) is 24.3 Å². The number of anilines is 2. The molecule has 0 aliphatic carbocycles. The molecule has 6 heteroatoms. The van der Waals surface area contributed by atoms with Crippen LogP contribution in [-0.4, -0.2) is 16.1 Å². The van der Waals surface area contributed by atoms with Crippen LogP contribution in [0.3, 0.4) is 0 Å². The molecule has 20 heavy (non-hydrogen) atoms. The molecule has 6 nitrogen and oxygen atoms in total. The van der Waals surface area contributed by atoms with Crippen molar-refractivity contribution in [2.75, 3.05) is 11.1 Å². The first-order chi connectivity index (χ1) is 9.54. The summed E-state index contributed by atoms with van der Waals surface area (Å²) in [5, 5.41) is 10.4. The number of nitrogens with one attached hydrogen (secondary N) is 2. The molecule has 4 N–H and O–H groups in total. The number of benzene rings is 1. The van der Waals surface area contributed by atoms with Crippen molar-refractivity contribution >= 4 is 28.3 Å². The number of nitrogens with two attached hydrogens (primary N) is 1. The Morgan fingerprint density at radius 1 is 1.35 bits per heavy atom. The molecule has 102 valence electrons. The Hall–Kier alpha value is -2.76. The third-order valence-corrected chi connectivity index (χ3v) is 3.13. The van der Waals surface area contributed by atoms with Crippen LogP contribution in [0.4, 0.5) is 11.4 Å². The molecule has 3 rings (SSSR count). The molecular weight excluding hydrogens is 256 g/mol. The molecule has 2 heterocycles. The number of hydrogen-bond donors (Lipinski definition) is 3. The largest absolute Gasteiger partial charge is 0.451 e. The minimum Gasteiger partial charge on any atom is -0.451 e. The molecule has 3 aromatic rings. The lowest BCUT2D eigenvalue weighted by Gasteiger charge is -2.02. The third kappa shape index (κ3) is 2.01. The van der Waals surface area contributed by atoms with E-state index in [4.69, 9.17) is 10.2 Å². The fourth-order valence-electron chi connectivity index (χ4n) is 2.08. The number of hydrogen-bond acceptors (Lipinski definition) is 4. The highest BCUT2D eigenvalue weighted by molar-refractivity contribution is 6.05. The van der Waals surface area contributed by atoms with Crippen LogP contribution in [0.1, 0.15) is 21.9 Å². The summed E-state index contributed by atoms with van der Waals surface area (Å²) in [6.45, 7) is 3.66. The van der Waals surface area contributed by atoms with Gasteiger partial charge in [0.2, 0.25) is 0 Å². The molecule has 0 saturated carbocycles. The van der Waals surface area contributed by atoms with E-state index in [9.17, 15) is 4.79 Å². The highest BCUT2D eigenvalue weighted by Gasteiger charge is 2.16. The number of carbonyl (C=O) groups excluding carboxylic acids is 1. The van der Waals surface area contributed by atoms with Crippen molar-refractivity contribution in [3.8, 4) is 0 Å². The van der Waals surface area contributed by atoms with Gasteiger partial charge in [-0.3, -0.25) is 9.89 Å². The van der Waals surface area contributed by atoms with E-state index in [1.165, 1.54) is 0 Å². The first-order valence-corrected chi connectivity index (χ1v) is 6.16. The van der Waals surface area contributed by atoms with E-state index < -0.39 is 0 Å². The van der Waals surface area contributed by atoms with Crippen LogP contribution in [0.15, 0.2) is 28.7 Å². The molecule has 0 spiro atoms. The second-order valence-corrected chi connectivity index (χ2v) is 4.67. The summed E-state index contributed by atoms with van der Waals surface area (Å²) >= 11 is 0. The zero-order chi connectivity index (χ0) is 14.3. The van der Waals surface area contributed by atoms with E-state index in [1.807, 2.05) is 13.8 Å². The van der Waals surface area contributed by atoms with Gasteiger partial charge in [0, 0.05) is 11.1 Å². The molecule has 1 amide bonds. The van der Waals surface area contributed by atoms with Gasteiger partial charge < -0.3 is 15.5 Å². The van der Waals surface area contributed by atoms with Crippen molar-refractivity contribution in [3.63, 3.8) is 0 Å². The van der Waals surface area contributed by atoms with E-state index in [0.29, 0.717) is 17.0 Å². The van der Waals surface area contributed by atoms with Crippen molar-refractivity contribution in [3.05, 3.63) is 41.4 Å². The van der Waals surface area contributed by atoms with Crippen LogP contribution in [0, 0.1) is 13.8 Å². The fourth-order valence-corrected chi connectivity index (χ4v) is 2.08. The number of amides is 1. The quantitative estimate of drug-likeness (QED) is 0.623. The minimum atomic E-state index is -0.313. The number of H-pyrrole nitrogens is 1. The Morgan fingerprint density at radius 3 is 2.85 bits per heavy atom. The molecule has 0 aliphatic rings. The maximum absolute atomic E-state index is 12.2. The van der Waals surface area contributed by atoms with Gasteiger partial charge >= 0.3 is 0 Å². The number of nitrogens with zero attached hydrogens (tertiary/aromatic N) is 1. The maximum atomic E-state index is 12.2. The number of fused-ring (bicyclic) bond motifs is 1. The van der Waals surface area contributed by atoms with Gasteiger partial charge in [-0.25, -0.2) is 0 Å². The molecular formula is C14H14N4O2. The maximum Gasteiger partial charge on any atom is 0.291 e. The average molecular weight is 270 g/mol. The Balaban J connectivity index is 1.93. The van der Waals surface area contributed by atoms with E-state index in [-0.39, 0.29) is 11.7 Å². The number of carbonyl (C=O) groups is 1. The van der Waals surface area contributed by atoms with Crippen LogP contribution >= 0.6 is 0 Å². The van der Waals surface area contributed by atoms with Gasteiger partial charge in [-0.2, -0.15) is 5.10 Å². The number of aromatic nitrogens is 2. The molecule has 0 bridgehead atoms. The molecule has 0 fully saturated rings. The normalized spacial score (nSPS) is 10.9. The van der Waals surface area contributed by atoms with Crippen LogP contribution in [0.5, 0.6) is 0 Å². The van der Waals surface area contributed by atoms with Gasteiger partial charge in [0.25, 0.3) is 5.91 Å². The van der Waals surface area contributed by atoms with Gasteiger partial charge in [-0.15, -0.1) is 0 Å². The number of aromatic amines is 1. The molecule has 0 atom stereocenters. The summed E-state index contributed by atoms with van der Waals surface area (Å²) in [7, 11) is 0. The smallest absolute Gasteiger partial charge is 0.291 e. The molecule has 0 unspecified atom stereocenters. The monoisotopic (exact) mass is 270 g/mol. The zero-order valence-electron chi connectivity index (χ0n) is 11.2. The van der Waals surface area contributed by atoms with Gasteiger partial charge in [0.05, 0.1) is 17.1 Å². The Kier molecular flexibility index (Phi) is 2.71. The van der Waals surface area contributed by atoms with Gasteiger partial charge in [0.15, 0.2) is 5.76 Å². The fraction of sp³-hybridized carbons (Fsp3) is 0.143. The summed E-state index contributed by atoms with van der Waals surface area (Å²) in [4.78, 5) is 12.2. The van der Waals surface area contributed by atoms with Crippen molar-refractivity contribution < 1.29 is 9.21 Å². The lowest BCUT2D eigenvalue weighted by atomic mass is 10.2. The second-order valence-electron chi connectivity index (χ2n) is 4.67. The lowest BCUT2D eigenvalue weighted by molar-refractivity contribution is 0.0998. The summed E-state index contributed by atoms with van der Waals surface area (Å²) in [5.41, 5.74) is 9.18. The third-order valence-electron chi connectivity index (χ3n) is 3.13. The van der Waals surface area contributed by atoms with Gasteiger partial charge in [-0.1, -0.05) is 0 Å². The predicted molar refractivity (Wildman–Crippen MR) is 76.6 cm³/mol. The van der Waals surface area contributed by atoms with Crippen LogP contribution < -0.4 is 11.1 Å². The Labute approximate surface area is 115 Å². The van der Waals surface area contributed by atoms with Gasteiger partial charge in [0.1, 0.15) is 5.58 Å². The van der Waals surface area contributed by atoms with E-state index in [0.717, 1.165) is 16.8 Å². The van der Waals surface area contributed by atoms with Crippen LogP contribution in [0.25, 0.3) is 11.0 Å². The summed E-state index contributed by atoms with van der Waals surface area (Å²) in [6.07, 6.45) is 0. The van der Waals surface area contributed by atoms with Gasteiger partial charge in [-0.05, 0) is 38.1 Å². The molecule has 0 radical (unpaired) electrons. The number of rotatable bonds is 2. The predicted octanol–water partition coefficient (Wildman–Crippen LogP) is 2.61. The standard InChI is InChI=1S/C14H14N4O2/c1-7-13(8(2)18-17-7)16-14(19)12-6-9-5-10(15)3-4-11(9)20-12/h3-6H,15H2,1-2H3,(H,16,19)(H,17,18). The lowest BCUT2D eigenvalue weighted by Crippen LogP contribution is -2.11. The average Bonchev–Trinajstić information content (AvgIpc) is 2.96. The Morgan fingerprint density at radius 2 is 2.15 bits per heavy atom. The van der Waals surface area contributed by atoms with Crippen molar-refractivity contribution in [1.29, 1.82) is 0 Å². The first kappa shape index (κ1) is 12.3. The Bertz CT molecular complexity index is 781. The molecule has 2 aromatic heterocycles. The highest BCUT2D eigenvalue weighted by atomic mass is 16.3. The van der Waals surface area contributed by atoms with Crippen molar-refractivity contribution in [2.24, 2.45) is 0 Å². The highest BCUT2D eigenvalue weighted by Crippen LogP contribution is 2.23. The van der Waals surface area contributed by atoms with Crippen molar-refractivity contribution in [2.45, 2.75) is 13.8 Å². The SMILES string of the molecule is Cc1n[nH]c(C)c1NC(=O)c1cc2cc(N)ccc2o1. The molecule has 0 saturated heterocycles. The van der Waals surface area contributed by atoms with E-state index >= 15 is 0 Å². The van der Waals surface area contributed by atoms with Crippen LogP contribution in [-0.2, 0) is 0 Å². The minimum absolute atomic E-state index is 0.241. The van der Waals surface area contributed by atoms with E-state index in [2.05, 4.69) is 15.5 Å². The molecule has 1 aromatic carbocycles. The topological polar surface area (TPSA) is 96.9 Å². The number of aryl methyl sites for hydroxylation is 2. The first-order valence-electron chi connectivity index (χ1n) is 6.16. The van der Waals surface area contributed by atoms with Crippen LogP contribution in [0.2, 0.25) is 0 Å².